The van der Waals surface area contributed by atoms with E-state index in [1.165, 1.54) is 54.3 Å². The van der Waals surface area contributed by atoms with E-state index in [0.29, 0.717) is 16.9 Å². The lowest BCUT2D eigenvalue weighted by molar-refractivity contribution is -0.117. The van der Waals surface area contributed by atoms with Crippen molar-refractivity contribution in [3.63, 3.8) is 0 Å². The Morgan fingerprint density at radius 2 is 2.05 bits per heavy atom. The van der Waals surface area contributed by atoms with Gasteiger partial charge in [0, 0.05) is 15.4 Å². The van der Waals surface area contributed by atoms with E-state index in [9.17, 15) is 0 Å². The van der Waals surface area contributed by atoms with Crippen molar-refractivity contribution in [3.8, 4) is 0 Å². The maximum Gasteiger partial charge on any atom is 0.0314 e. The molecule has 3 atom stereocenters. The number of rotatable bonds is 4. The molecule has 0 amide bonds. The zero-order valence-electron chi connectivity index (χ0n) is 13.1. The number of thiophene rings is 1. The van der Waals surface area contributed by atoms with E-state index in [2.05, 4.69) is 46.7 Å². The second-order valence-electron chi connectivity index (χ2n) is 8.37. The molecule has 4 aliphatic rings. The molecule has 5 rings (SSSR count). The minimum atomic E-state index is 0.566. The summed E-state index contributed by atoms with van der Waals surface area (Å²) in [7, 11) is 2.19. The van der Waals surface area contributed by atoms with Gasteiger partial charge in [0.15, 0.2) is 0 Å². The van der Waals surface area contributed by atoms with Crippen LogP contribution < -0.4 is 5.32 Å². The van der Waals surface area contributed by atoms with Crippen LogP contribution in [0.2, 0.25) is 0 Å². The summed E-state index contributed by atoms with van der Waals surface area (Å²) in [6.07, 6.45) is 10.2. The van der Waals surface area contributed by atoms with Crippen molar-refractivity contribution in [3.05, 3.63) is 20.8 Å². The van der Waals surface area contributed by atoms with Crippen LogP contribution >= 0.6 is 27.3 Å². The van der Waals surface area contributed by atoms with E-state index in [1.807, 2.05) is 11.3 Å². The fraction of sp³-hybridized carbons (Fsp3) is 0.778. The predicted molar refractivity (Wildman–Crippen MR) is 93.8 cm³/mol. The van der Waals surface area contributed by atoms with Crippen LogP contribution in [0, 0.1) is 22.7 Å². The zero-order chi connectivity index (χ0) is 14.7. The molecule has 21 heavy (non-hydrogen) atoms. The Morgan fingerprint density at radius 3 is 2.57 bits per heavy atom. The topological polar surface area (TPSA) is 12.0 Å². The lowest BCUT2D eigenvalue weighted by Crippen LogP contribution is -2.58. The standard InChI is InChI=1S/C18H26BrNS/c1-17-7-12-5-13(8-17)10-18(9-12,11-17)16(20-2)6-15-14(19)3-4-21-15/h3-4,12-13,16,20H,5-11H2,1-2H3. The van der Waals surface area contributed by atoms with Crippen LogP contribution in [0.5, 0.6) is 0 Å². The SMILES string of the molecule is CNC(Cc1sccc1Br)C12CC3CC(CC(C)(C3)C1)C2. The molecule has 4 saturated carbocycles. The third-order valence-electron chi connectivity index (χ3n) is 6.57. The fourth-order valence-electron chi connectivity index (χ4n) is 6.49. The highest BCUT2D eigenvalue weighted by Gasteiger charge is 2.57. The van der Waals surface area contributed by atoms with Gasteiger partial charge >= 0.3 is 0 Å². The van der Waals surface area contributed by atoms with Crippen molar-refractivity contribution < 1.29 is 0 Å². The second-order valence-corrected chi connectivity index (χ2v) is 10.2. The molecule has 4 aliphatic carbocycles. The van der Waals surface area contributed by atoms with Gasteiger partial charge in [-0.05, 0) is 102 Å². The monoisotopic (exact) mass is 367 g/mol. The van der Waals surface area contributed by atoms with Crippen molar-refractivity contribution >= 4 is 27.3 Å². The van der Waals surface area contributed by atoms with Crippen LogP contribution in [-0.2, 0) is 6.42 Å². The van der Waals surface area contributed by atoms with Crippen LogP contribution in [0.3, 0.4) is 0 Å². The molecule has 1 heterocycles. The molecule has 3 heteroatoms. The van der Waals surface area contributed by atoms with Crippen molar-refractivity contribution in [2.45, 2.75) is 57.9 Å². The van der Waals surface area contributed by atoms with Crippen molar-refractivity contribution in [2.24, 2.45) is 22.7 Å². The Kier molecular flexibility index (Phi) is 3.55. The van der Waals surface area contributed by atoms with Crippen LogP contribution in [0.15, 0.2) is 15.9 Å². The lowest BCUT2D eigenvalue weighted by atomic mass is 9.43. The highest BCUT2D eigenvalue weighted by Crippen LogP contribution is 2.66. The number of nitrogens with one attached hydrogen (secondary N) is 1. The van der Waals surface area contributed by atoms with E-state index < -0.39 is 0 Å². The number of halogens is 1. The Morgan fingerprint density at radius 1 is 1.33 bits per heavy atom. The summed E-state index contributed by atoms with van der Waals surface area (Å²) in [6.45, 7) is 2.58. The molecule has 0 saturated heterocycles. The maximum atomic E-state index is 3.73. The van der Waals surface area contributed by atoms with Crippen molar-refractivity contribution in [1.29, 1.82) is 0 Å². The van der Waals surface area contributed by atoms with Crippen LogP contribution in [0.1, 0.15) is 50.3 Å². The smallest absolute Gasteiger partial charge is 0.0314 e. The molecule has 1 nitrogen and oxygen atoms in total. The molecule has 116 valence electrons. The number of hydrogen-bond acceptors (Lipinski definition) is 2. The van der Waals surface area contributed by atoms with Gasteiger partial charge in [-0.25, -0.2) is 0 Å². The van der Waals surface area contributed by atoms with Gasteiger partial charge in [0.2, 0.25) is 0 Å². The second kappa shape index (κ2) is 5.07. The number of hydrogen-bond donors (Lipinski definition) is 1. The fourth-order valence-corrected chi connectivity index (χ4v) is 8.05. The largest absolute Gasteiger partial charge is 0.316 e. The van der Waals surface area contributed by atoms with Gasteiger partial charge in [-0.1, -0.05) is 6.92 Å². The minimum absolute atomic E-state index is 0.566. The lowest BCUT2D eigenvalue weighted by Gasteiger charge is -2.63. The minimum Gasteiger partial charge on any atom is -0.316 e. The van der Waals surface area contributed by atoms with E-state index in [4.69, 9.17) is 0 Å². The van der Waals surface area contributed by atoms with Crippen molar-refractivity contribution in [2.75, 3.05) is 7.05 Å². The third-order valence-corrected chi connectivity index (χ3v) is 8.52. The summed E-state index contributed by atoms with van der Waals surface area (Å²) in [5, 5.41) is 5.94. The van der Waals surface area contributed by atoms with Crippen LogP contribution in [0.25, 0.3) is 0 Å². The third kappa shape index (κ3) is 2.44. The van der Waals surface area contributed by atoms with Gasteiger partial charge in [-0.2, -0.15) is 0 Å². The average molecular weight is 368 g/mol. The molecule has 0 spiro atoms. The first-order valence-electron chi connectivity index (χ1n) is 8.41. The van der Waals surface area contributed by atoms with Gasteiger partial charge in [-0.15, -0.1) is 11.3 Å². The summed E-state index contributed by atoms with van der Waals surface area (Å²) in [6, 6.07) is 2.85. The van der Waals surface area contributed by atoms with Gasteiger partial charge in [-0.3, -0.25) is 0 Å². The highest BCUT2D eigenvalue weighted by molar-refractivity contribution is 9.10. The summed E-state index contributed by atoms with van der Waals surface area (Å²) < 4.78 is 1.31. The first-order valence-corrected chi connectivity index (χ1v) is 10.1. The summed E-state index contributed by atoms with van der Waals surface area (Å²) in [5.41, 5.74) is 1.21. The van der Waals surface area contributed by atoms with E-state index in [-0.39, 0.29) is 0 Å². The summed E-state index contributed by atoms with van der Waals surface area (Å²) >= 11 is 5.64. The summed E-state index contributed by atoms with van der Waals surface area (Å²) in [4.78, 5) is 1.52. The molecule has 1 N–H and O–H groups in total. The zero-order valence-corrected chi connectivity index (χ0v) is 15.5. The quantitative estimate of drug-likeness (QED) is 0.766. The Labute approximate surface area is 141 Å². The first-order chi connectivity index (χ1) is 10.0. The van der Waals surface area contributed by atoms with Gasteiger partial charge in [0.1, 0.15) is 0 Å². The Balaban J connectivity index is 1.62. The average Bonchev–Trinajstić information content (AvgIpc) is 2.78. The normalized spacial score (nSPS) is 42.4. The summed E-state index contributed by atoms with van der Waals surface area (Å²) in [5.74, 6) is 2.03. The van der Waals surface area contributed by atoms with Crippen LogP contribution in [-0.4, -0.2) is 13.1 Å². The molecular formula is C18H26BrNS. The maximum absolute atomic E-state index is 3.73. The molecule has 0 aliphatic heterocycles. The molecule has 4 fully saturated rings. The highest BCUT2D eigenvalue weighted by atomic mass is 79.9. The van der Waals surface area contributed by atoms with E-state index >= 15 is 0 Å². The van der Waals surface area contributed by atoms with Crippen LogP contribution in [0.4, 0.5) is 0 Å². The van der Waals surface area contributed by atoms with Gasteiger partial charge in [0.25, 0.3) is 0 Å². The Hall–Kier alpha value is 0.140. The molecule has 3 unspecified atom stereocenters. The molecule has 1 aromatic rings. The first kappa shape index (κ1) is 14.7. The molecule has 0 aromatic carbocycles. The Bertz CT molecular complexity index is 523. The van der Waals surface area contributed by atoms with E-state index in [0.717, 1.165) is 11.8 Å². The molecule has 0 radical (unpaired) electrons. The molecular weight excluding hydrogens is 342 g/mol. The van der Waals surface area contributed by atoms with Gasteiger partial charge in [0.05, 0.1) is 0 Å². The number of likely N-dealkylation sites (N-methyl/N-ethyl adjacent to an activating group) is 1. The van der Waals surface area contributed by atoms with Crippen molar-refractivity contribution in [1.82, 2.24) is 5.32 Å². The van der Waals surface area contributed by atoms with E-state index in [1.54, 1.807) is 0 Å². The van der Waals surface area contributed by atoms with Gasteiger partial charge < -0.3 is 5.32 Å². The molecule has 1 aromatic heterocycles. The molecule has 4 bridgehead atoms. The predicted octanol–water partition coefficient (Wildman–Crippen LogP) is 5.25.